The number of para-hydroxylation sites is 1. The summed E-state index contributed by atoms with van der Waals surface area (Å²) in [6.07, 6.45) is 7.51. The van der Waals surface area contributed by atoms with Crippen LogP contribution in [0.5, 0.6) is 0 Å². The fourth-order valence-electron chi connectivity index (χ4n) is 2.76. The number of amides is 1. The van der Waals surface area contributed by atoms with Crippen LogP contribution < -0.4 is 5.32 Å². The van der Waals surface area contributed by atoms with E-state index in [4.69, 9.17) is 0 Å². The molecule has 0 saturated carbocycles. The third-order valence-electron chi connectivity index (χ3n) is 3.79. The van der Waals surface area contributed by atoms with Crippen LogP contribution in [-0.2, 0) is 6.54 Å². The SMILES string of the molecule is O=C1NCCn2c(/C=C/c3ccncc3)nc3cccc1c32. The zero-order valence-corrected chi connectivity index (χ0v) is 11.9. The summed E-state index contributed by atoms with van der Waals surface area (Å²) in [6, 6.07) is 9.54. The molecule has 0 atom stereocenters. The highest BCUT2D eigenvalue weighted by Gasteiger charge is 2.19. The molecule has 0 radical (unpaired) electrons. The molecule has 3 heterocycles. The number of nitrogens with one attached hydrogen (secondary N) is 1. The maximum atomic E-state index is 12.1. The van der Waals surface area contributed by atoms with Crippen LogP contribution in [0.4, 0.5) is 0 Å². The van der Waals surface area contributed by atoms with Crippen molar-refractivity contribution in [3.63, 3.8) is 0 Å². The number of pyridine rings is 1. The van der Waals surface area contributed by atoms with Crippen LogP contribution in [0.15, 0.2) is 42.7 Å². The number of imidazole rings is 1. The zero-order chi connectivity index (χ0) is 14.9. The van der Waals surface area contributed by atoms with Crippen molar-refractivity contribution in [3.05, 3.63) is 59.7 Å². The number of carbonyl (C=O) groups is 1. The molecule has 1 N–H and O–H groups in total. The molecule has 1 amide bonds. The first-order valence-electron chi connectivity index (χ1n) is 7.18. The molecule has 0 aliphatic carbocycles. The first kappa shape index (κ1) is 12.8. The van der Waals surface area contributed by atoms with E-state index in [1.807, 2.05) is 42.5 Å². The van der Waals surface area contributed by atoms with E-state index < -0.39 is 0 Å². The quantitative estimate of drug-likeness (QED) is 0.788. The molecule has 1 aromatic carbocycles. The summed E-state index contributed by atoms with van der Waals surface area (Å²) in [4.78, 5) is 20.8. The summed E-state index contributed by atoms with van der Waals surface area (Å²) in [5.74, 6) is 0.824. The van der Waals surface area contributed by atoms with Crippen LogP contribution in [0.2, 0.25) is 0 Å². The van der Waals surface area contributed by atoms with Crippen LogP contribution in [0.25, 0.3) is 23.2 Å². The van der Waals surface area contributed by atoms with Crippen molar-refractivity contribution in [1.29, 1.82) is 0 Å². The van der Waals surface area contributed by atoms with Crippen LogP contribution in [0, 0.1) is 0 Å². The van der Waals surface area contributed by atoms with Gasteiger partial charge >= 0.3 is 0 Å². The van der Waals surface area contributed by atoms with Gasteiger partial charge in [0.15, 0.2) is 0 Å². The number of hydrogen-bond acceptors (Lipinski definition) is 3. The number of benzene rings is 1. The standard InChI is InChI=1S/C17H14N4O/c22-17-13-2-1-3-14-16(13)21(11-10-19-17)15(20-14)5-4-12-6-8-18-9-7-12/h1-9H,10-11H2,(H,19,22)/b5-4+. The number of rotatable bonds is 2. The topological polar surface area (TPSA) is 59.8 Å². The normalized spacial score (nSPS) is 14.3. The van der Waals surface area contributed by atoms with Gasteiger partial charge in [-0.25, -0.2) is 4.98 Å². The van der Waals surface area contributed by atoms with Gasteiger partial charge in [-0.1, -0.05) is 12.1 Å². The minimum Gasteiger partial charge on any atom is -0.350 e. The second-order valence-corrected chi connectivity index (χ2v) is 5.16. The van der Waals surface area contributed by atoms with Gasteiger partial charge in [0.1, 0.15) is 5.82 Å². The summed E-state index contributed by atoms with van der Waals surface area (Å²) >= 11 is 0. The average molecular weight is 290 g/mol. The van der Waals surface area contributed by atoms with Gasteiger partial charge in [-0.15, -0.1) is 0 Å². The Labute approximate surface area is 127 Å². The van der Waals surface area contributed by atoms with Gasteiger partial charge in [0.2, 0.25) is 0 Å². The van der Waals surface area contributed by atoms with Gasteiger partial charge in [0, 0.05) is 25.5 Å². The highest BCUT2D eigenvalue weighted by atomic mass is 16.1. The number of hydrogen-bond donors (Lipinski definition) is 1. The largest absolute Gasteiger partial charge is 0.350 e. The Balaban J connectivity index is 1.85. The second kappa shape index (κ2) is 5.11. The van der Waals surface area contributed by atoms with E-state index in [1.54, 1.807) is 12.4 Å². The first-order chi connectivity index (χ1) is 10.8. The Bertz CT molecular complexity index is 880. The van der Waals surface area contributed by atoms with E-state index in [-0.39, 0.29) is 5.91 Å². The van der Waals surface area contributed by atoms with Crippen molar-refractivity contribution in [2.24, 2.45) is 0 Å². The number of nitrogens with zero attached hydrogens (tertiary/aromatic N) is 3. The Morgan fingerprint density at radius 2 is 2.00 bits per heavy atom. The van der Waals surface area contributed by atoms with E-state index >= 15 is 0 Å². The predicted molar refractivity (Wildman–Crippen MR) is 85.2 cm³/mol. The lowest BCUT2D eigenvalue weighted by atomic mass is 10.2. The smallest absolute Gasteiger partial charge is 0.253 e. The van der Waals surface area contributed by atoms with E-state index in [2.05, 4.69) is 19.9 Å². The maximum Gasteiger partial charge on any atom is 0.253 e. The molecule has 0 fully saturated rings. The summed E-state index contributed by atoms with van der Waals surface area (Å²) in [7, 11) is 0. The average Bonchev–Trinajstić information content (AvgIpc) is 2.82. The van der Waals surface area contributed by atoms with Crippen molar-refractivity contribution in [2.45, 2.75) is 6.54 Å². The van der Waals surface area contributed by atoms with E-state index in [0.717, 1.165) is 29.0 Å². The van der Waals surface area contributed by atoms with E-state index in [9.17, 15) is 4.79 Å². The Hall–Kier alpha value is -2.95. The summed E-state index contributed by atoms with van der Waals surface area (Å²) < 4.78 is 2.10. The van der Waals surface area contributed by atoms with E-state index in [1.165, 1.54) is 0 Å². The van der Waals surface area contributed by atoms with Crippen molar-refractivity contribution in [3.8, 4) is 0 Å². The van der Waals surface area contributed by atoms with Crippen LogP contribution in [-0.4, -0.2) is 27.0 Å². The van der Waals surface area contributed by atoms with Gasteiger partial charge < -0.3 is 9.88 Å². The molecular weight excluding hydrogens is 276 g/mol. The van der Waals surface area contributed by atoms with Gasteiger partial charge in [-0.3, -0.25) is 9.78 Å². The molecule has 0 unspecified atom stereocenters. The minimum atomic E-state index is -0.0334. The number of carbonyl (C=O) groups excluding carboxylic acids is 1. The van der Waals surface area contributed by atoms with Crippen LogP contribution >= 0.6 is 0 Å². The highest BCUT2D eigenvalue weighted by molar-refractivity contribution is 6.05. The molecule has 5 nitrogen and oxygen atoms in total. The Kier molecular flexibility index (Phi) is 2.96. The minimum absolute atomic E-state index is 0.0334. The molecule has 108 valence electrons. The van der Waals surface area contributed by atoms with Crippen LogP contribution in [0.3, 0.4) is 0 Å². The van der Waals surface area contributed by atoms with Crippen molar-refractivity contribution in [2.75, 3.05) is 6.54 Å². The third-order valence-corrected chi connectivity index (χ3v) is 3.79. The molecule has 2 aromatic heterocycles. The lowest BCUT2D eigenvalue weighted by molar-refractivity contribution is 0.0956. The Morgan fingerprint density at radius 3 is 2.86 bits per heavy atom. The van der Waals surface area contributed by atoms with E-state index in [0.29, 0.717) is 12.1 Å². The third kappa shape index (κ3) is 2.07. The van der Waals surface area contributed by atoms with Gasteiger partial charge in [-0.05, 0) is 35.9 Å². The molecule has 1 aliphatic rings. The highest BCUT2D eigenvalue weighted by Crippen LogP contribution is 2.23. The maximum absolute atomic E-state index is 12.1. The van der Waals surface area contributed by atoms with Crippen LogP contribution in [0.1, 0.15) is 21.7 Å². The molecule has 0 saturated heterocycles. The monoisotopic (exact) mass is 290 g/mol. The summed E-state index contributed by atoms with van der Waals surface area (Å²) in [6.45, 7) is 1.32. The molecule has 4 rings (SSSR count). The molecule has 3 aromatic rings. The molecule has 0 spiro atoms. The first-order valence-corrected chi connectivity index (χ1v) is 7.18. The van der Waals surface area contributed by atoms with Crippen molar-refractivity contribution < 1.29 is 4.79 Å². The second-order valence-electron chi connectivity index (χ2n) is 5.16. The Morgan fingerprint density at radius 1 is 1.14 bits per heavy atom. The lowest BCUT2D eigenvalue weighted by Gasteiger charge is -2.03. The number of aromatic nitrogens is 3. The summed E-state index contributed by atoms with van der Waals surface area (Å²) in [5.41, 5.74) is 3.51. The van der Waals surface area contributed by atoms with Crippen molar-refractivity contribution in [1.82, 2.24) is 19.9 Å². The predicted octanol–water partition coefficient (Wildman–Crippen LogP) is 2.35. The molecule has 5 heteroatoms. The fourth-order valence-corrected chi connectivity index (χ4v) is 2.76. The van der Waals surface area contributed by atoms with Gasteiger partial charge in [0.25, 0.3) is 5.91 Å². The molecule has 1 aliphatic heterocycles. The molecule has 0 bridgehead atoms. The molecule has 22 heavy (non-hydrogen) atoms. The fraction of sp³-hybridized carbons (Fsp3) is 0.118. The van der Waals surface area contributed by atoms with Gasteiger partial charge in [0.05, 0.1) is 16.6 Å². The lowest BCUT2D eigenvalue weighted by Crippen LogP contribution is -2.24. The zero-order valence-electron chi connectivity index (χ0n) is 11.9. The molecular formula is C17H14N4O. The van der Waals surface area contributed by atoms with Gasteiger partial charge in [-0.2, -0.15) is 0 Å². The van der Waals surface area contributed by atoms with Crippen molar-refractivity contribution >= 4 is 29.1 Å². The summed E-state index contributed by atoms with van der Waals surface area (Å²) in [5, 5.41) is 2.92.